The molecule has 1 amide bonds. The normalized spacial score (nSPS) is 13.6. The van der Waals surface area contributed by atoms with Crippen LogP contribution in [0, 0.1) is 11.3 Å². The van der Waals surface area contributed by atoms with Gasteiger partial charge in [0.15, 0.2) is 0 Å². The first-order valence-electron chi connectivity index (χ1n) is 8.59. The largest absolute Gasteiger partial charge is 0.339 e. The molecule has 0 aromatic carbocycles. The molecule has 0 bridgehead atoms. The highest BCUT2D eigenvalue weighted by molar-refractivity contribution is 5.79. The van der Waals surface area contributed by atoms with E-state index in [0.29, 0.717) is 11.9 Å². The number of amides is 1. The molecule has 0 saturated heterocycles. The highest BCUT2D eigenvalue weighted by Crippen LogP contribution is 2.29. The van der Waals surface area contributed by atoms with Gasteiger partial charge in [0, 0.05) is 18.5 Å². The third-order valence-electron chi connectivity index (χ3n) is 4.39. The maximum atomic E-state index is 12.9. The van der Waals surface area contributed by atoms with Crippen molar-refractivity contribution in [2.75, 3.05) is 6.54 Å². The SMILES string of the molecule is CCCCN(C(=O)C(C)C(C)(C)C)C(CCC)CCC. The second kappa shape index (κ2) is 9.41. The third-order valence-corrected chi connectivity index (χ3v) is 4.39. The minimum absolute atomic E-state index is 0.0462. The zero-order valence-corrected chi connectivity index (χ0v) is 15.0. The molecule has 20 heavy (non-hydrogen) atoms. The van der Waals surface area contributed by atoms with Gasteiger partial charge in [0.05, 0.1) is 0 Å². The van der Waals surface area contributed by atoms with Crippen LogP contribution >= 0.6 is 0 Å². The highest BCUT2D eigenvalue weighted by Gasteiger charge is 2.32. The molecule has 0 aromatic rings. The Bertz CT molecular complexity index is 261. The van der Waals surface area contributed by atoms with Crippen molar-refractivity contribution in [1.29, 1.82) is 0 Å². The second-order valence-corrected chi connectivity index (χ2v) is 7.20. The standard InChI is InChI=1S/C18H37NO/c1-8-11-14-19(16(12-9-2)13-10-3)17(20)15(4)18(5,6)7/h15-16H,8-14H2,1-7H3. The lowest BCUT2D eigenvalue weighted by Crippen LogP contribution is -2.46. The number of unbranched alkanes of at least 4 members (excludes halogenated alkanes) is 1. The van der Waals surface area contributed by atoms with Crippen LogP contribution in [0.15, 0.2) is 0 Å². The number of hydrogen-bond donors (Lipinski definition) is 0. The van der Waals surface area contributed by atoms with Gasteiger partial charge in [0.2, 0.25) is 5.91 Å². The van der Waals surface area contributed by atoms with Crippen LogP contribution in [0.3, 0.4) is 0 Å². The van der Waals surface area contributed by atoms with E-state index in [1.54, 1.807) is 0 Å². The van der Waals surface area contributed by atoms with E-state index in [1.165, 1.54) is 0 Å². The Morgan fingerprint density at radius 1 is 1.00 bits per heavy atom. The van der Waals surface area contributed by atoms with Crippen LogP contribution in [0.25, 0.3) is 0 Å². The molecule has 0 aliphatic heterocycles. The lowest BCUT2D eigenvalue weighted by atomic mass is 9.80. The molecule has 0 rings (SSSR count). The lowest BCUT2D eigenvalue weighted by molar-refractivity contribution is -0.141. The van der Waals surface area contributed by atoms with E-state index in [2.05, 4.69) is 53.4 Å². The summed E-state index contributed by atoms with van der Waals surface area (Å²) in [5.41, 5.74) is 0.0462. The van der Waals surface area contributed by atoms with Gasteiger partial charge in [-0.1, -0.05) is 67.7 Å². The smallest absolute Gasteiger partial charge is 0.226 e. The third kappa shape index (κ3) is 6.28. The number of rotatable bonds is 9. The number of carbonyl (C=O) groups is 1. The van der Waals surface area contributed by atoms with Crippen molar-refractivity contribution >= 4 is 5.91 Å². The molecule has 0 radical (unpaired) electrons. The van der Waals surface area contributed by atoms with Gasteiger partial charge in [0.1, 0.15) is 0 Å². The van der Waals surface area contributed by atoms with E-state index >= 15 is 0 Å². The van der Waals surface area contributed by atoms with Crippen molar-refractivity contribution in [2.24, 2.45) is 11.3 Å². The number of hydrogen-bond acceptors (Lipinski definition) is 1. The Morgan fingerprint density at radius 3 is 1.85 bits per heavy atom. The van der Waals surface area contributed by atoms with E-state index in [4.69, 9.17) is 0 Å². The van der Waals surface area contributed by atoms with Gasteiger partial charge < -0.3 is 4.90 Å². The zero-order valence-electron chi connectivity index (χ0n) is 15.0. The first-order valence-corrected chi connectivity index (χ1v) is 8.59. The summed E-state index contributed by atoms with van der Waals surface area (Å²) in [6, 6.07) is 0.439. The van der Waals surface area contributed by atoms with E-state index in [-0.39, 0.29) is 11.3 Å². The molecule has 0 aliphatic carbocycles. The Kier molecular flexibility index (Phi) is 9.16. The van der Waals surface area contributed by atoms with Gasteiger partial charge in [-0.05, 0) is 24.7 Å². The van der Waals surface area contributed by atoms with Gasteiger partial charge in [-0.15, -0.1) is 0 Å². The van der Waals surface area contributed by atoms with Gasteiger partial charge in [-0.3, -0.25) is 4.79 Å². The number of carbonyl (C=O) groups excluding carboxylic acids is 1. The molecule has 0 aromatic heterocycles. The second-order valence-electron chi connectivity index (χ2n) is 7.20. The summed E-state index contributed by atoms with van der Waals surface area (Å²) in [6.45, 7) is 16.2. The van der Waals surface area contributed by atoms with Crippen LogP contribution in [0.2, 0.25) is 0 Å². The molecule has 0 heterocycles. The first kappa shape index (κ1) is 19.5. The quantitative estimate of drug-likeness (QED) is 0.565. The monoisotopic (exact) mass is 283 g/mol. The van der Waals surface area contributed by atoms with Crippen LogP contribution in [-0.2, 0) is 4.79 Å². The summed E-state index contributed by atoms with van der Waals surface area (Å²) >= 11 is 0. The van der Waals surface area contributed by atoms with Crippen molar-refractivity contribution in [3.05, 3.63) is 0 Å². The summed E-state index contributed by atoms with van der Waals surface area (Å²) in [7, 11) is 0. The molecule has 0 aliphatic rings. The molecular formula is C18H37NO. The van der Waals surface area contributed by atoms with Crippen molar-refractivity contribution in [1.82, 2.24) is 4.90 Å². The highest BCUT2D eigenvalue weighted by atomic mass is 16.2. The lowest BCUT2D eigenvalue weighted by Gasteiger charge is -2.37. The Balaban J connectivity index is 5.04. The summed E-state index contributed by atoms with van der Waals surface area (Å²) in [5.74, 6) is 0.452. The summed E-state index contributed by atoms with van der Waals surface area (Å²) in [6.07, 6.45) is 6.86. The predicted molar refractivity (Wildman–Crippen MR) is 88.8 cm³/mol. The maximum Gasteiger partial charge on any atom is 0.226 e. The fourth-order valence-corrected chi connectivity index (χ4v) is 2.54. The van der Waals surface area contributed by atoms with Gasteiger partial charge in [-0.25, -0.2) is 0 Å². The van der Waals surface area contributed by atoms with Crippen LogP contribution < -0.4 is 0 Å². The molecule has 120 valence electrons. The average Bonchev–Trinajstić information content (AvgIpc) is 2.37. The van der Waals surface area contributed by atoms with E-state index in [9.17, 15) is 4.79 Å². The van der Waals surface area contributed by atoms with E-state index in [1.807, 2.05) is 0 Å². The van der Waals surface area contributed by atoms with Crippen LogP contribution in [0.4, 0.5) is 0 Å². The van der Waals surface area contributed by atoms with Crippen molar-refractivity contribution in [3.63, 3.8) is 0 Å². The molecule has 0 spiro atoms. The minimum atomic E-state index is 0.0462. The molecule has 2 heteroatoms. The predicted octanol–water partition coefficient (Wildman–Crippen LogP) is 5.27. The van der Waals surface area contributed by atoms with E-state index in [0.717, 1.165) is 45.1 Å². The van der Waals surface area contributed by atoms with Crippen molar-refractivity contribution < 1.29 is 4.79 Å². The summed E-state index contributed by atoms with van der Waals surface area (Å²) in [4.78, 5) is 15.1. The van der Waals surface area contributed by atoms with Crippen LogP contribution in [-0.4, -0.2) is 23.4 Å². The van der Waals surface area contributed by atoms with E-state index < -0.39 is 0 Å². The van der Waals surface area contributed by atoms with Crippen LogP contribution in [0.5, 0.6) is 0 Å². The van der Waals surface area contributed by atoms with Crippen LogP contribution in [0.1, 0.15) is 87.0 Å². The van der Waals surface area contributed by atoms with Gasteiger partial charge in [0.25, 0.3) is 0 Å². The molecule has 0 N–H and O–H groups in total. The fraction of sp³-hybridized carbons (Fsp3) is 0.944. The average molecular weight is 284 g/mol. The minimum Gasteiger partial charge on any atom is -0.339 e. The molecule has 1 atom stereocenters. The Hall–Kier alpha value is -0.530. The topological polar surface area (TPSA) is 20.3 Å². The zero-order chi connectivity index (χ0) is 15.8. The van der Waals surface area contributed by atoms with Crippen molar-refractivity contribution in [2.45, 2.75) is 93.0 Å². The summed E-state index contributed by atoms with van der Waals surface area (Å²) in [5, 5.41) is 0. The van der Waals surface area contributed by atoms with Gasteiger partial charge >= 0.3 is 0 Å². The van der Waals surface area contributed by atoms with Gasteiger partial charge in [-0.2, -0.15) is 0 Å². The Labute approximate surface area is 127 Å². The molecule has 0 fully saturated rings. The molecular weight excluding hydrogens is 246 g/mol. The molecule has 1 unspecified atom stereocenters. The summed E-state index contributed by atoms with van der Waals surface area (Å²) < 4.78 is 0. The molecule has 2 nitrogen and oxygen atoms in total. The molecule has 0 saturated carbocycles. The maximum absolute atomic E-state index is 12.9. The number of nitrogens with zero attached hydrogens (tertiary/aromatic N) is 1. The van der Waals surface area contributed by atoms with Crippen molar-refractivity contribution in [3.8, 4) is 0 Å². The first-order chi connectivity index (χ1) is 9.29. The fourth-order valence-electron chi connectivity index (χ4n) is 2.54. The Morgan fingerprint density at radius 2 is 1.50 bits per heavy atom.